The molecule has 5 rings (SSSR count). The van der Waals surface area contributed by atoms with Crippen LogP contribution < -0.4 is 5.32 Å². The van der Waals surface area contributed by atoms with Gasteiger partial charge in [-0.25, -0.2) is 0 Å². The van der Waals surface area contributed by atoms with Crippen molar-refractivity contribution in [2.75, 3.05) is 38.5 Å². The normalized spacial score (nSPS) is 17.4. The van der Waals surface area contributed by atoms with Crippen molar-refractivity contribution in [3.8, 4) is 11.1 Å². The Morgan fingerprint density at radius 3 is 2.52 bits per heavy atom. The van der Waals surface area contributed by atoms with Crippen molar-refractivity contribution in [1.29, 1.82) is 0 Å². The molecule has 0 atom stereocenters. The summed E-state index contributed by atoms with van der Waals surface area (Å²) in [6, 6.07) is 13.4. The summed E-state index contributed by atoms with van der Waals surface area (Å²) in [5, 5.41) is 3.58. The van der Waals surface area contributed by atoms with Crippen LogP contribution in [0.15, 0.2) is 48.7 Å². The maximum Gasteiger partial charge on any atom is 0.256 e. The van der Waals surface area contributed by atoms with E-state index in [-0.39, 0.29) is 11.8 Å². The molecule has 2 aliphatic rings. The number of anilines is 1. The van der Waals surface area contributed by atoms with Crippen LogP contribution in [-0.4, -0.2) is 59.8 Å². The first-order chi connectivity index (χ1) is 15.9. The van der Waals surface area contributed by atoms with Gasteiger partial charge < -0.3 is 20.1 Å². The van der Waals surface area contributed by atoms with Crippen molar-refractivity contribution < 1.29 is 9.59 Å². The summed E-state index contributed by atoms with van der Waals surface area (Å²) in [4.78, 5) is 33.3. The lowest BCUT2D eigenvalue weighted by Gasteiger charge is -2.32. The van der Waals surface area contributed by atoms with E-state index in [0.29, 0.717) is 29.2 Å². The van der Waals surface area contributed by atoms with E-state index in [1.807, 2.05) is 60.4 Å². The Morgan fingerprint density at radius 1 is 1.03 bits per heavy atom. The van der Waals surface area contributed by atoms with Crippen LogP contribution >= 0.6 is 11.6 Å². The van der Waals surface area contributed by atoms with Crippen molar-refractivity contribution in [1.82, 2.24) is 14.8 Å². The zero-order valence-electron chi connectivity index (χ0n) is 18.6. The highest BCUT2D eigenvalue weighted by atomic mass is 35.5. The molecule has 2 aliphatic heterocycles. The van der Waals surface area contributed by atoms with Gasteiger partial charge in [-0.05, 0) is 43.3 Å². The van der Waals surface area contributed by atoms with Gasteiger partial charge in [0.25, 0.3) is 11.8 Å². The number of carbonyl (C=O) groups is 2. The lowest BCUT2D eigenvalue weighted by molar-refractivity contribution is -0.110. The summed E-state index contributed by atoms with van der Waals surface area (Å²) in [7, 11) is 2.06. The maximum absolute atomic E-state index is 13.1. The molecule has 0 radical (unpaired) electrons. The molecule has 7 heteroatoms. The summed E-state index contributed by atoms with van der Waals surface area (Å²) in [5.74, 6) is -0.153. The van der Waals surface area contributed by atoms with Crippen LogP contribution in [0.25, 0.3) is 22.8 Å². The van der Waals surface area contributed by atoms with E-state index in [1.165, 1.54) is 0 Å². The maximum atomic E-state index is 13.1. The number of amides is 2. The molecule has 1 aromatic heterocycles. The zero-order chi connectivity index (χ0) is 23.1. The third kappa shape index (κ3) is 3.86. The molecule has 0 unspecified atom stereocenters. The molecule has 168 valence electrons. The lowest BCUT2D eigenvalue weighted by atomic mass is 9.94. The second-order valence-electron chi connectivity index (χ2n) is 8.56. The van der Waals surface area contributed by atoms with Gasteiger partial charge in [0.2, 0.25) is 0 Å². The van der Waals surface area contributed by atoms with Crippen LogP contribution in [0, 0.1) is 6.92 Å². The minimum Gasteiger partial charge on any atom is -0.361 e. The van der Waals surface area contributed by atoms with E-state index in [9.17, 15) is 9.59 Å². The fraction of sp³-hybridized carbons (Fsp3) is 0.231. The lowest BCUT2D eigenvalue weighted by Crippen LogP contribution is -2.47. The SMILES string of the molecule is Cc1c(C(=O)N2CCN(C)CC2)c[nH]c1/C=C1\C(=O)Nc2cccc(-c3ccccc3Cl)c21. The van der Waals surface area contributed by atoms with Gasteiger partial charge in [0.15, 0.2) is 0 Å². The van der Waals surface area contributed by atoms with Gasteiger partial charge in [-0.3, -0.25) is 9.59 Å². The third-order valence-electron chi connectivity index (χ3n) is 6.48. The molecule has 0 bridgehead atoms. The Balaban J connectivity index is 1.53. The number of benzene rings is 2. The van der Waals surface area contributed by atoms with Crippen molar-refractivity contribution in [2.24, 2.45) is 0 Å². The average molecular weight is 461 g/mol. The number of fused-ring (bicyclic) bond motifs is 1. The van der Waals surface area contributed by atoms with Gasteiger partial charge in [0.05, 0.1) is 11.1 Å². The molecule has 6 nitrogen and oxygen atoms in total. The average Bonchev–Trinajstić information content (AvgIpc) is 3.33. The van der Waals surface area contributed by atoms with E-state index in [1.54, 1.807) is 6.20 Å². The molecule has 1 fully saturated rings. The van der Waals surface area contributed by atoms with Gasteiger partial charge >= 0.3 is 0 Å². The summed E-state index contributed by atoms with van der Waals surface area (Å²) >= 11 is 6.47. The van der Waals surface area contributed by atoms with E-state index in [2.05, 4.69) is 22.2 Å². The summed E-state index contributed by atoms with van der Waals surface area (Å²) in [6.07, 6.45) is 3.58. The number of likely N-dealkylation sites (N-methyl/N-ethyl adjacent to an activating group) is 1. The van der Waals surface area contributed by atoms with E-state index < -0.39 is 0 Å². The van der Waals surface area contributed by atoms with Gasteiger partial charge in [0, 0.05) is 59.9 Å². The van der Waals surface area contributed by atoms with Crippen molar-refractivity contribution in [2.45, 2.75) is 6.92 Å². The molecular formula is C26H25ClN4O2. The summed E-state index contributed by atoms with van der Waals surface area (Å²) < 4.78 is 0. The molecule has 2 amide bonds. The smallest absolute Gasteiger partial charge is 0.256 e. The molecule has 3 heterocycles. The molecule has 33 heavy (non-hydrogen) atoms. The van der Waals surface area contributed by atoms with Crippen LogP contribution in [0.1, 0.15) is 27.2 Å². The van der Waals surface area contributed by atoms with Gasteiger partial charge in [-0.15, -0.1) is 0 Å². The largest absolute Gasteiger partial charge is 0.361 e. The summed E-state index contributed by atoms with van der Waals surface area (Å²) in [5.41, 5.74) is 6.10. The number of aromatic amines is 1. The highest BCUT2D eigenvalue weighted by Gasteiger charge is 2.29. The van der Waals surface area contributed by atoms with Crippen LogP contribution in [0.5, 0.6) is 0 Å². The monoisotopic (exact) mass is 460 g/mol. The van der Waals surface area contributed by atoms with Crippen molar-refractivity contribution in [3.63, 3.8) is 0 Å². The molecule has 0 spiro atoms. The van der Waals surface area contributed by atoms with E-state index >= 15 is 0 Å². The summed E-state index contributed by atoms with van der Waals surface area (Å²) in [6.45, 7) is 5.09. The number of H-pyrrole nitrogens is 1. The Bertz CT molecular complexity index is 1290. The molecule has 0 saturated carbocycles. The van der Waals surface area contributed by atoms with Gasteiger partial charge in [-0.2, -0.15) is 0 Å². The highest BCUT2D eigenvalue weighted by molar-refractivity contribution is 6.37. The Morgan fingerprint density at radius 2 is 1.76 bits per heavy atom. The molecule has 2 N–H and O–H groups in total. The van der Waals surface area contributed by atoms with Crippen LogP contribution in [0.3, 0.4) is 0 Å². The van der Waals surface area contributed by atoms with Crippen LogP contribution in [0.2, 0.25) is 5.02 Å². The van der Waals surface area contributed by atoms with Crippen LogP contribution in [0.4, 0.5) is 5.69 Å². The first kappa shape index (κ1) is 21.5. The number of rotatable bonds is 3. The molecule has 1 saturated heterocycles. The fourth-order valence-corrected chi connectivity index (χ4v) is 4.74. The number of piperazine rings is 1. The van der Waals surface area contributed by atoms with Gasteiger partial charge in [-0.1, -0.05) is 41.9 Å². The van der Waals surface area contributed by atoms with E-state index in [4.69, 9.17) is 11.6 Å². The fourth-order valence-electron chi connectivity index (χ4n) is 4.50. The number of hydrogen-bond donors (Lipinski definition) is 2. The Labute approximate surface area is 197 Å². The topological polar surface area (TPSA) is 68.4 Å². The number of hydrogen-bond acceptors (Lipinski definition) is 3. The first-order valence-electron chi connectivity index (χ1n) is 11.0. The second kappa shape index (κ2) is 8.54. The Kier molecular flexibility index (Phi) is 5.56. The predicted molar refractivity (Wildman–Crippen MR) is 132 cm³/mol. The standard InChI is InChI=1S/C26H25ClN4O2/c1-16-20(26(33)31-12-10-30(2)11-13-31)15-28-23(16)14-19-24-18(17-6-3-4-8-21(17)27)7-5-9-22(24)29-25(19)32/h3-9,14-15,28H,10-13H2,1-2H3,(H,29,32)/b19-14-. The number of aromatic nitrogens is 1. The quantitative estimate of drug-likeness (QED) is 0.564. The zero-order valence-corrected chi connectivity index (χ0v) is 19.4. The second-order valence-corrected chi connectivity index (χ2v) is 8.96. The molecule has 2 aromatic carbocycles. The van der Waals surface area contributed by atoms with Gasteiger partial charge in [0.1, 0.15) is 0 Å². The first-order valence-corrected chi connectivity index (χ1v) is 11.4. The van der Waals surface area contributed by atoms with E-state index in [0.717, 1.165) is 46.7 Å². The minimum absolute atomic E-state index is 0.0227. The number of carbonyl (C=O) groups excluding carboxylic acids is 2. The minimum atomic E-state index is -0.176. The number of nitrogens with one attached hydrogen (secondary N) is 2. The number of halogens is 1. The number of nitrogens with zero attached hydrogens (tertiary/aromatic N) is 2. The predicted octanol–water partition coefficient (Wildman–Crippen LogP) is 4.52. The molecule has 3 aromatic rings. The highest BCUT2D eigenvalue weighted by Crippen LogP contribution is 2.42. The molecular weight excluding hydrogens is 436 g/mol. The Hall–Kier alpha value is -3.35. The van der Waals surface area contributed by atoms with Crippen molar-refractivity contribution >= 4 is 40.8 Å². The van der Waals surface area contributed by atoms with Crippen molar-refractivity contribution in [3.05, 3.63) is 76.1 Å². The van der Waals surface area contributed by atoms with Crippen LogP contribution in [-0.2, 0) is 4.79 Å². The molecule has 0 aliphatic carbocycles. The third-order valence-corrected chi connectivity index (χ3v) is 6.81.